The zero-order valence-corrected chi connectivity index (χ0v) is 16.6. The Labute approximate surface area is 162 Å². The van der Waals surface area contributed by atoms with Gasteiger partial charge in [0.2, 0.25) is 0 Å². The summed E-state index contributed by atoms with van der Waals surface area (Å²) < 4.78 is 37.8. The molecule has 0 bridgehead atoms. The average molecular weight is 382 g/mol. The van der Waals surface area contributed by atoms with Crippen molar-refractivity contribution in [1.82, 2.24) is 4.98 Å². The van der Waals surface area contributed by atoms with Gasteiger partial charge >= 0.3 is 6.18 Å². The number of aromatic nitrogens is 1. The molecule has 1 aromatic heterocycles. The van der Waals surface area contributed by atoms with E-state index in [-0.39, 0.29) is 0 Å². The van der Waals surface area contributed by atoms with E-state index in [9.17, 15) is 13.2 Å². The molecule has 0 N–H and O–H groups in total. The van der Waals surface area contributed by atoms with Crippen LogP contribution in [0.5, 0.6) is 0 Å². The number of aryl methyl sites for hydroxylation is 1. The molecule has 0 radical (unpaired) electrons. The van der Waals surface area contributed by atoms with Crippen LogP contribution in [0, 0.1) is 23.7 Å². The monoisotopic (exact) mass is 381 g/mol. The minimum Gasteiger partial charge on any atom is -0.252 e. The van der Waals surface area contributed by atoms with Crippen LogP contribution in [0.4, 0.5) is 13.2 Å². The van der Waals surface area contributed by atoms with Crippen LogP contribution in [-0.2, 0) is 12.6 Å². The van der Waals surface area contributed by atoms with Gasteiger partial charge in [0.1, 0.15) is 5.69 Å². The van der Waals surface area contributed by atoms with E-state index in [1.807, 2.05) is 0 Å². The van der Waals surface area contributed by atoms with Crippen LogP contribution >= 0.6 is 0 Å². The molecule has 2 aliphatic rings. The molecule has 0 atom stereocenters. The molecule has 1 aromatic rings. The third-order valence-electron chi connectivity index (χ3n) is 7.10. The Morgan fingerprint density at radius 1 is 0.852 bits per heavy atom. The summed E-state index contributed by atoms with van der Waals surface area (Å²) in [6.07, 6.45) is 12.8. The molecular formula is C23H34F3N. The van der Waals surface area contributed by atoms with Gasteiger partial charge in [0.25, 0.3) is 0 Å². The summed E-state index contributed by atoms with van der Waals surface area (Å²) >= 11 is 0. The van der Waals surface area contributed by atoms with Gasteiger partial charge in [-0.15, -0.1) is 0 Å². The molecule has 3 rings (SSSR count). The van der Waals surface area contributed by atoms with Crippen LogP contribution in [0.1, 0.15) is 88.8 Å². The Morgan fingerprint density at radius 3 is 1.85 bits per heavy atom. The van der Waals surface area contributed by atoms with Crippen LogP contribution in [0.25, 0.3) is 0 Å². The highest BCUT2D eigenvalue weighted by molar-refractivity contribution is 5.16. The van der Waals surface area contributed by atoms with Crippen molar-refractivity contribution in [2.75, 3.05) is 0 Å². The lowest BCUT2D eigenvalue weighted by molar-refractivity contribution is -0.141. The molecule has 0 spiro atoms. The lowest BCUT2D eigenvalue weighted by Gasteiger charge is -2.38. The fourth-order valence-corrected chi connectivity index (χ4v) is 5.42. The highest BCUT2D eigenvalue weighted by Gasteiger charge is 2.32. The van der Waals surface area contributed by atoms with Gasteiger partial charge in [-0.2, -0.15) is 13.2 Å². The predicted molar refractivity (Wildman–Crippen MR) is 103 cm³/mol. The van der Waals surface area contributed by atoms with Crippen molar-refractivity contribution in [3.8, 4) is 0 Å². The van der Waals surface area contributed by atoms with Gasteiger partial charge in [0.05, 0.1) is 0 Å². The molecule has 0 aromatic carbocycles. The number of alkyl halides is 3. The lowest BCUT2D eigenvalue weighted by Crippen LogP contribution is -2.26. The number of halogens is 3. The summed E-state index contributed by atoms with van der Waals surface area (Å²) in [6.45, 7) is 2.30. The Balaban J connectivity index is 1.37. The Kier molecular flexibility index (Phi) is 7.22. The van der Waals surface area contributed by atoms with E-state index >= 15 is 0 Å². The first-order valence-electron chi connectivity index (χ1n) is 11.0. The largest absolute Gasteiger partial charge is 0.433 e. The second-order valence-electron chi connectivity index (χ2n) is 8.94. The molecule has 0 unspecified atom stereocenters. The number of hydrogen-bond donors (Lipinski definition) is 0. The van der Waals surface area contributed by atoms with E-state index in [1.54, 1.807) is 6.07 Å². The Morgan fingerprint density at radius 2 is 1.41 bits per heavy atom. The van der Waals surface area contributed by atoms with Crippen LogP contribution in [0.2, 0.25) is 0 Å². The number of pyridine rings is 1. The first kappa shape index (κ1) is 20.7. The van der Waals surface area contributed by atoms with Crippen molar-refractivity contribution in [2.45, 2.75) is 90.1 Å². The van der Waals surface area contributed by atoms with Crippen molar-refractivity contribution >= 4 is 0 Å². The maximum Gasteiger partial charge on any atom is 0.433 e. The van der Waals surface area contributed by atoms with Gasteiger partial charge < -0.3 is 0 Å². The molecule has 2 fully saturated rings. The SMILES string of the molecule is CCCC1CCC(C2CCC(CCc3ccc(C(F)(F)F)nc3)CC2)CC1. The predicted octanol–water partition coefficient (Wildman–Crippen LogP) is 7.45. The van der Waals surface area contributed by atoms with Crippen molar-refractivity contribution in [1.29, 1.82) is 0 Å². The molecule has 0 aliphatic heterocycles. The van der Waals surface area contributed by atoms with Crippen LogP contribution in [-0.4, -0.2) is 4.98 Å². The maximum absolute atomic E-state index is 12.6. The summed E-state index contributed by atoms with van der Waals surface area (Å²) in [5.41, 5.74) is 0.139. The van der Waals surface area contributed by atoms with E-state index in [1.165, 1.54) is 70.4 Å². The first-order valence-corrected chi connectivity index (χ1v) is 11.0. The second-order valence-corrected chi connectivity index (χ2v) is 8.94. The van der Waals surface area contributed by atoms with Gasteiger partial charge in [-0.25, -0.2) is 0 Å². The Bertz CT molecular complexity index is 550. The second kappa shape index (κ2) is 9.43. The zero-order chi connectivity index (χ0) is 19.3. The van der Waals surface area contributed by atoms with Crippen LogP contribution in [0.15, 0.2) is 18.3 Å². The normalized spacial score (nSPS) is 29.6. The summed E-state index contributed by atoms with van der Waals surface area (Å²) in [7, 11) is 0. The Hall–Kier alpha value is -1.06. The fraction of sp³-hybridized carbons (Fsp3) is 0.783. The van der Waals surface area contributed by atoms with E-state index in [0.29, 0.717) is 0 Å². The van der Waals surface area contributed by atoms with E-state index in [2.05, 4.69) is 11.9 Å². The number of hydrogen-bond acceptors (Lipinski definition) is 1. The lowest BCUT2D eigenvalue weighted by atomic mass is 9.68. The highest BCUT2D eigenvalue weighted by Crippen LogP contribution is 2.43. The molecule has 27 heavy (non-hydrogen) atoms. The molecule has 4 heteroatoms. The molecular weight excluding hydrogens is 347 g/mol. The summed E-state index contributed by atoms with van der Waals surface area (Å²) in [6, 6.07) is 2.71. The number of nitrogens with zero attached hydrogens (tertiary/aromatic N) is 1. The first-order chi connectivity index (χ1) is 13.0. The van der Waals surface area contributed by atoms with Crippen LogP contribution < -0.4 is 0 Å². The molecule has 0 saturated heterocycles. The zero-order valence-electron chi connectivity index (χ0n) is 16.6. The fourth-order valence-electron chi connectivity index (χ4n) is 5.42. The van der Waals surface area contributed by atoms with Gasteiger partial charge in [-0.3, -0.25) is 4.98 Å². The van der Waals surface area contributed by atoms with Crippen molar-refractivity contribution < 1.29 is 13.2 Å². The quantitative estimate of drug-likeness (QED) is 0.499. The van der Waals surface area contributed by atoms with Gasteiger partial charge in [0, 0.05) is 6.20 Å². The van der Waals surface area contributed by atoms with E-state index in [4.69, 9.17) is 0 Å². The minimum atomic E-state index is -4.34. The summed E-state index contributed by atoms with van der Waals surface area (Å²) in [4.78, 5) is 3.58. The number of rotatable bonds is 6. The molecule has 0 amide bonds. The van der Waals surface area contributed by atoms with Crippen molar-refractivity contribution in [3.05, 3.63) is 29.6 Å². The van der Waals surface area contributed by atoms with Gasteiger partial charge in [-0.1, -0.05) is 51.5 Å². The van der Waals surface area contributed by atoms with Gasteiger partial charge in [-0.05, 0) is 73.8 Å². The topological polar surface area (TPSA) is 12.9 Å². The smallest absolute Gasteiger partial charge is 0.252 e. The van der Waals surface area contributed by atoms with Crippen LogP contribution in [0.3, 0.4) is 0 Å². The molecule has 152 valence electrons. The molecule has 1 heterocycles. The molecule has 1 nitrogen and oxygen atoms in total. The van der Waals surface area contributed by atoms with Gasteiger partial charge in [0.15, 0.2) is 0 Å². The summed E-state index contributed by atoms with van der Waals surface area (Å²) in [5, 5.41) is 0. The molecule has 2 aliphatic carbocycles. The van der Waals surface area contributed by atoms with E-state index in [0.717, 1.165) is 48.1 Å². The van der Waals surface area contributed by atoms with Crippen molar-refractivity contribution in [2.24, 2.45) is 23.7 Å². The van der Waals surface area contributed by atoms with Crippen molar-refractivity contribution in [3.63, 3.8) is 0 Å². The average Bonchev–Trinajstić information content (AvgIpc) is 2.67. The standard InChI is InChI=1S/C23H34F3N/c1-2-3-17-6-11-20(12-7-17)21-13-8-18(9-14-21)4-5-19-10-15-22(27-16-19)23(24,25)26/h10,15-18,20-21H,2-9,11-14H2,1H3. The highest BCUT2D eigenvalue weighted by atomic mass is 19.4. The third-order valence-corrected chi connectivity index (χ3v) is 7.10. The maximum atomic E-state index is 12.6. The van der Waals surface area contributed by atoms with E-state index < -0.39 is 11.9 Å². The molecule has 2 saturated carbocycles. The summed E-state index contributed by atoms with van der Waals surface area (Å²) in [5.74, 6) is 3.61. The minimum absolute atomic E-state index is 0.736. The third kappa shape index (κ3) is 5.96.